The van der Waals surface area contributed by atoms with Crippen LogP contribution in [0, 0.1) is 0 Å². The SMILES string of the molecule is COc1ccc(NC(=O)C2=C(C)NC(=S)N[C@H]2c2cccc(OC)c2)cc1. The molecule has 0 radical (unpaired) electrons. The number of nitrogens with one attached hydrogen (secondary N) is 3. The summed E-state index contributed by atoms with van der Waals surface area (Å²) in [5, 5.41) is 9.61. The third-order valence-electron chi connectivity index (χ3n) is 4.29. The number of anilines is 1. The minimum Gasteiger partial charge on any atom is -0.497 e. The molecule has 140 valence electrons. The van der Waals surface area contributed by atoms with Gasteiger partial charge in [-0.1, -0.05) is 12.1 Å². The van der Waals surface area contributed by atoms with Crippen LogP contribution in [0.15, 0.2) is 59.8 Å². The molecular weight excluding hydrogens is 362 g/mol. The Labute approximate surface area is 163 Å². The van der Waals surface area contributed by atoms with E-state index in [0.29, 0.717) is 27.8 Å². The van der Waals surface area contributed by atoms with Gasteiger partial charge in [-0.15, -0.1) is 0 Å². The number of allylic oxidation sites excluding steroid dienone is 1. The van der Waals surface area contributed by atoms with Gasteiger partial charge in [0.15, 0.2) is 5.11 Å². The number of hydrogen-bond acceptors (Lipinski definition) is 4. The molecule has 6 nitrogen and oxygen atoms in total. The van der Waals surface area contributed by atoms with Gasteiger partial charge >= 0.3 is 0 Å². The van der Waals surface area contributed by atoms with Crippen molar-refractivity contribution in [2.24, 2.45) is 0 Å². The molecule has 2 aromatic carbocycles. The van der Waals surface area contributed by atoms with Crippen molar-refractivity contribution >= 4 is 28.9 Å². The van der Waals surface area contributed by atoms with E-state index in [1.165, 1.54) is 0 Å². The lowest BCUT2D eigenvalue weighted by atomic mass is 9.94. The number of amides is 1. The Morgan fingerprint density at radius 1 is 1.07 bits per heavy atom. The van der Waals surface area contributed by atoms with Gasteiger partial charge in [0, 0.05) is 11.4 Å². The quantitative estimate of drug-likeness (QED) is 0.689. The molecule has 0 bridgehead atoms. The zero-order valence-electron chi connectivity index (χ0n) is 15.3. The van der Waals surface area contributed by atoms with Crippen molar-refractivity contribution in [3.05, 3.63) is 65.4 Å². The first-order valence-electron chi connectivity index (χ1n) is 8.39. The Hall–Kier alpha value is -3.06. The third kappa shape index (κ3) is 4.20. The third-order valence-corrected chi connectivity index (χ3v) is 4.51. The van der Waals surface area contributed by atoms with Crippen LogP contribution in [0.1, 0.15) is 18.5 Å². The highest BCUT2D eigenvalue weighted by Gasteiger charge is 2.30. The molecule has 1 atom stereocenters. The van der Waals surface area contributed by atoms with Crippen LogP contribution in [0.2, 0.25) is 0 Å². The summed E-state index contributed by atoms with van der Waals surface area (Å²) in [6.45, 7) is 1.84. The van der Waals surface area contributed by atoms with Crippen molar-refractivity contribution in [2.75, 3.05) is 19.5 Å². The van der Waals surface area contributed by atoms with Crippen LogP contribution in [0.5, 0.6) is 11.5 Å². The van der Waals surface area contributed by atoms with E-state index in [-0.39, 0.29) is 11.9 Å². The maximum atomic E-state index is 13.0. The van der Waals surface area contributed by atoms with Gasteiger partial charge in [0.2, 0.25) is 0 Å². The van der Waals surface area contributed by atoms with Gasteiger partial charge in [0.1, 0.15) is 11.5 Å². The number of ether oxygens (including phenoxy) is 2. The number of thiocarbonyl (C=S) groups is 1. The van der Waals surface area contributed by atoms with Crippen LogP contribution in [0.4, 0.5) is 5.69 Å². The molecule has 1 aliphatic heterocycles. The maximum Gasteiger partial charge on any atom is 0.255 e. The summed E-state index contributed by atoms with van der Waals surface area (Å²) < 4.78 is 10.5. The van der Waals surface area contributed by atoms with E-state index in [1.807, 2.05) is 31.2 Å². The maximum absolute atomic E-state index is 13.0. The molecule has 0 saturated heterocycles. The smallest absolute Gasteiger partial charge is 0.255 e. The molecule has 1 amide bonds. The summed E-state index contributed by atoms with van der Waals surface area (Å²) in [4.78, 5) is 13.0. The van der Waals surface area contributed by atoms with Crippen LogP contribution in [-0.2, 0) is 4.79 Å². The standard InChI is InChI=1S/C20H21N3O3S/c1-12-17(19(24)22-14-7-9-15(25-2)10-8-14)18(23-20(27)21-12)13-5-4-6-16(11-13)26-3/h4-11,18H,1-3H3,(H,22,24)(H2,21,23,27)/t18-/m0/s1. The molecule has 0 saturated carbocycles. The predicted molar refractivity (Wildman–Crippen MR) is 109 cm³/mol. The van der Waals surface area contributed by atoms with Gasteiger partial charge in [0.25, 0.3) is 5.91 Å². The van der Waals surface area contributed by atoms with Crippen molar-refractivity contribution in [1.29, 1.82) is 0 Å². The van der Waals surface area contributed by atoms with Crippen LogP contribution >= 0.6 is 12.2 Å². The summed E-state index contributed by atoms with van der Waals surface area (Å²) in [5.41, 5.74) is 2.83. The lowest BCUT2D eigenvalue weighted by Crippen LogP contribution is -2.45. The largest absolute Gasteiger partial charge is 0.497 e. The van der Waals surface area contributed by atoms with Crippen molar-refractivity contribution < 1.29 is 14.3 Å². The van der Waals surface area contributed by atoms with Gasteiger partial charge in [0.05, 0.1) is 25.8 Å². The van der Waals surface area contributed by atoms with E-state index in [2.05, 4.69) is 16.0 Å². The molecule has 0 aliphatic carbocycles. The van der Waals surface area contributed by atoms with Crippen molar-refractivity contribution in [1.82, 2.24) is 10.6 Å². The Balaban J connectivity index is 1.91. The normalized spacial score (nSPS) is 16.3. The Bertz CT molecular complexity index is 894. The fraction of sp³-hybridized carbons (Fsp3) is 0.200. The Morgan fingerprint density at radius 3 is 2.44 bits per heavy atom. The highest BCUT2D eigenvalue weighted by atomic mass is 32.1. The molecular formula is C20H21N3O3S. The molecule has 0 unspecified atom stereocenters. The predicted octanol–water partition coefficient (Wildman–Crippen LogP) is 3.14. The number of methoxy groups -OCH3 is 2. The number of carbonyl (C=O) groups is 1. The highest BCUT2D eigenvalue weighted by Crippen LogP contribution is 2.30. The monoisotopic (exact) mass is 383 g/mol. The van der Waals surface area contributed by atoms with E-state index < -0.39 is 0 Å². The molecule has 1 heterocycles. The Kier molecular flexibility index (Phi) is 5.61. The van der Waals surface area contributed by atoms with Gasteiger partial charge in [-0.25, -0.2) is 0 Å². The lowest BCUT2D eigenvalue weighted by Gasteiger charge is -2.30. The summed E-state index contributed by atoms with van der Waals surface area (Å²) in [6.07, 6.45) is 0. The summed E-state index contributed by atoms with van der Waals surface area (Å²) in [5.74, 6) is 1.23. The van der Waals surface area contributed by atoms with Gasteiger partial charge in [-0.05, 0) is 61.1 Å². The number of benzene rings is 2. The molecule has 0 aromatic heterocycles. The fourth-order valence-electron chi connectivity index (χ4n) is 2.94. The fourth-order valence-corrected chi connectivity index (χ4v) is 3.21. The molecule has 27 heavy (non-hydrogen) atoms. The summed E-state index contributed by atoms with van der Waals surface area (Å²) in [6, 6.07) is 14.4. The highest BCUT2D eigenvalue weighted by molar-refractivity contribution is 7.80. The van der Waals surface area contributed by atoms with E-state index in [0.717, 1.165) is 11.3 Å². The summed E-state index contributed by atoms with van der Waals surface area (Å²) in [7, 11) is 3.21. The van der Waals surface area contributed by atoms with E-state index in [1.54, 1.807) is 38.5 Å². The molecule has 2 aromatic rings. The zero-order chi connectivity index (χ0) is 19.4. The van der Waals surface area contributed by atoms with Crippen molar-refractivity contribution in [2.45, 2.75) is 13.0 Å². The first kappa shape index (κ1) is 18.7. The minimum absolute atomic E-state index is 0.215. The number of carbonyl (C=O) groups excluding carboxylic acids is 1. The van der Waals surface area contributed by atoms with Crippen LogP contribution in [0.25, 0.3) is 0 Å². The van der Waals surface area contributed by atoms with Crippen LogP contribution in [-0.4, -0.2) is 25.2 Å². The average molecular weight is 383 g/mol. The summed E-state index contributed by atoms with van der Waals surface area (Å²) >= 11 is 5.28. The number of rotatable bonds is 5. The van der Waals surface area contributed by atoms with Crippen LogP contribution < -0.4 is 25.4 Å². The Morgan fingerprint density at radius 2 is 1.78 bits per heavy atom. The zero-order valence-corrected chi connectivity index (χ0v) is 16.1. The van der Waals surface area contributed by atoms with E-state index in [9.17, 15) is 4.79 Å². The van der Waals surface area contributed by atoms with E-state index in [4.69, 9.17) is 21.7 Å². The first-order valence-corrected chi connectivity index (χ1v) is 8.80. The minimum atomic E-state index is -0.382. The van der Waals surface area contributed by atoms with Gasteiger partial charge in [-0.2, -0.15) is 0 Å². The molecule has 7 heteroatoms. The second kappa shape index (κ2) is 8.09. The first-order chi connectivity index (χ1) is 13.0. The second-order valence-electron chi connectivity index (χ2n) is 6.03. The molecule has 1 aliphatic rings. The van der Waals surface area contributed by atoms with Crippen LogP contribution in [0.3, 0.4) is 0 Å². The average Bonchev–Trinajstić information content (AvgIpc) is 2.67. The molecule has 3 rings (SSSR count). The topological polar surface area (TPSA) is 71.6 Å². The van der Waals surface area contributed by atoms with Gasteiger partial charge in [-0.3, -0.25) is 4.79 Å². The van der Waals surface area contributed by atoms with Crippen molar-refractivity contribution in [3.63, 3.8) is 0 Å². The lowest BCUT2D eigenvalue weighted by molar-refractivity contribution is -0.113. The van der Waals surface area contributed by atoms with E-state index >= 15 is 0 Å². The van der Waals surface area contributed by atoms with Gasteiger partial charge < -0.3 is 25.4 Å². The molecule has 0 fully saturated rings. The number of hydrogen-bond donors (Lipinski definition) is 3. The van der Waals surface area contributed by atoms with Crippen molar-refractivity contribution in [3.8, 4) is 11.5 Å². The molecule has 3 N–H and O–H groups in total. The molecule has 0 spiro atoms. The second-order valence-corrected chi connectivity index (χ2v) is 6.44.